The Labute approximate surface area is 330 Å². The molecule has 4 heterocycles. The summed E-state index contributed by atoms with van der Waals surface area (Å²) in [6.45, 7) is 0. The van der Waals surface area contributed by atoms with E-state index in [0.717, 1.165) is 48.5 Å². The Bertz CT molecular complexity index is 2170. The van der Waals surface area contributed by atoms with Crippen LogP contribution in [-0.2, 0) is 24.6 Å². The molecule has 4 aromatic heterocycles. The maximum absolute atomic E-state index is 13.7. The Morgan fingerprint density at radius 3 is 1.22 bits per heavy atom. The third-order valence-corrected chi connectivity index (χ3v) is 20.4. The summed E-state index contributed by atoms with van der Waals surface area (Å²) in [5.41, 5.74) is 3.23. The third-order valence-electron chi connectivity index (χ3n) is 15.6. The molecule has 54 heavy (non-hydrogen) atoms. The van der Waals surface area contributed by atoms with E-state index in [2.05, 4.69) is 12.1 Å². The molecule has 8 aliphatic carbocycles. The Kier molecular flexibility index (Phi) is 7.55. The highest BCUT2D eigenvalue weighted by Crippen LogP contribution is 2.67. The van der Waals surface area contributed by atoms with Gasteiger partial charge in [0.05, 0.1) is 19.2 Å². The molecule has 4 aromatic rings. The first-order valence-corrected chi connectivity index (χ1v) is 24.1. The van der Waals surface area contributed by atoms with Crippen LogP contribution in [0.4, 0.5) is 10.0 Å². The number of aliphatic imine (C=N–C) groups is 2. The molecule has 0 radical (unpaired) electrons. The fourth-order valence-corrected chi connectivity index (χ4v) is 18.7. The van der Waals surface area contributed by atoms with Crippen molar-refractivity contribution < 1.29 is 19.2 Å². The van der Waals surface area contributed by atoms with Crippen LogP contribution in [0.2, 0.25) is 0 Å². The molecule has 0 aromatic carbocycles. The summed E-state index contributed by atoms with van der Waals surface area (Å²) in [4.78, 5) is 67.5. The summed E-state index contributed by atoms with van der Waals surface area (Å²) in [5, 5.41) is 1.58. The second-order valence-corrected chi connectivity index (χ2v) is 22.3. The Morgan fingerprint density at radius 2 is 0.852 bits per heavy atom. The molecule has 0 amide bonds. The van der Waals surface area contributed by atoms with Gasteiger partial charge in [0.25, 0.3) is 0 Å². The number of Topliss-reactive ketones (excluding diaryl/α,β-unsaturated/α-hetero) is 4. The average molecular weight is 793 g/mol. The quantitative estimate of drug-likeness (QED) is 0.202. The van der Waals surface area contributed by atoms with Crippen molar-refractivity contribution >= 4 is 109 Å². The molecule has 10 heteroatoms. The van der Waals surface area contributed by atoms with E-state index in [1.165, 1.54) is 110 Å². The van der Waals surface area contributed by atoms with Crippen LogP contribution >= 0.6 is 45.3 Å². The van der Waals surface area contributed by atoms with Crippen molar-refractivity contribution in [2.24, 2.45) is 57.3 Å². The van der Waals surface area contributed by atoms with Crippen molar-refractivity contribution in [1.29, 1.82) is 0 Å². The molecule has 12 rings (SSSR count). The second-order valence-electron chi connectivity index (χ2n) is 18.2. The summed E-state index contributed by atoms with van der Waals surface area (Å²) in [6, 6.07) is 4.28. The molecule has 6 nitrogen and oxygen atoms in total. The largest absolute Gasteiger partial charge is 0.292 e. The molecule has 0 saturated heterocycles. The van der Waals surface area contributed by atoms with Gasteiger partial charge in [-0.15, -0.1) is 45.3 Å². The normalized spacial score (nSPS) is 34.0. The molecule has 8 atom stereocenters. The van der Waals surface area contributed by atoms with E-state index in [4.69, 9.17) is 9.98 Å². The van der Waals surface area contributed by atoms with Gasteiger partial charge in [0.2, 0.25) is 0 Å². The number of hydrogen-bond donors (Lipinski definition) is 0. The highest BCUT2D eigenvalue weighted by molar-refractivity contribution is 7.36. The summed E-state index contributed by atoms with van der Waals surface area (Å²) in [7, 11) is 0. The summed E-state index contributed by atoms with van der Waals surface area (Å²) < 4.78 is 4.97. The van der Waals surface area contributed by atoms with Crippen LogP contribution in [0.3, 0.4) is 0 Å². The topological polar surface area (TPSA) is 93.0 Å². The van der Waals surface area contributed by atoms with E-state index in [0.29, 0.717) is 23.7 Å². The van der Waals surface area contributed by atoms with Gasteiger partial charge < -0.3 is 0 Å². The van der Waals surface area contributed by atoms with Crippen LogP contribution in [-0.4, -0.2) is 34.6 Å². The molecule has 7 saturated carbocycles. The summed E-state index contributed by atoms with van der Waals surface area (Å²) in [5.74, 6) is 1.73. The van der Waals surface area contributed by atoms with Gasteiger partial charge in [0.15, 0.2) is 34.6 Å². The maximum atomic E-state index is 13.7. The average Bonchev–Trinajstić information content (AvgIpc) is 4.03. The zero-order valence-electron chi connectivity index (χ0n) is 30.5. The van der Waals surface area contributed by atoms with E-state index >= 15 is 0 Å². The fraction of sp³-hybridized carbons (Fsp3) is 0.591. The third kappa shape index (κ3) is 4.66. The van der Waals surface area contributed by atoms with Crippen molar-refractivity contribution in [1.82, 2.24) is 0 Å². The molecule has 8 aliphatic rings. The van der Waals surface area contributed by atoms with E-state index in [9.17, 15) is 19.2 Å². The SMILES string of the molecule is O=C1C(=Nc2cc3sc4c(c3s2)C2(CCCCC2)c2c-4sc3cc(N=C4C(=O)C5CC6CCCCC6CC5C4=O)sc23)C(=O)C2CC3CCCCC3CC12. The predicted octanol–water partition coefficient (Wildman–Crippen LogP) is 11.6. The van der Waals surface area contributed by atoms with Gasteiger partial charge in [-0.1, -0.05) is 70.6 Å². The molecule has 0 N–H and O–H groups in total. The first-order chi connectivity index (χ1) is 26.4. The molecule has 0 aliphatic heterocycles. The minimum absolute atomic E-state index is 0.000757. The van der Waals surface area contributed by atoms with Crippen LogP contribution < -0.4 is 0 Å². The van der Waals surface area contributed by atoms with E-state index < -0.39 is 0 Å². The number of rotatable bonds is 2. The van der Waals surface area contributed by atoms with E-state index in [1.807, 2.05) is 22.7 Å². The number of fused-ring (bicyclic) bond motifs is 13. The van der Waals surface area contributed by atoms with Crippen molar-refractivity contribution in [2.45, 2.75) is 115 Å². The molecular weight excluding hydrogens is 749 g/mol. The number of carbonyl (C=O) groups excluding carboxylic acids is 4. The number of nitrogens with zero attached hydrogens (tertiary/aromatic N) is 2. The Hall–Kier alpha value is -2.66. The molecule has 7 fully saturated rings. The van der Waals surface area contributed by atoms with Crippen molar-refractivity contribution in [3.05, 3.63) is 23.3 Å². The standard InChI is InChI=1S/C44H44N2O4S4/c47-36-24-14-20-8-2-3-9-21(20)15-25(24)37(48)34(36)45-30-18-28-40(53-30)32-42(51-28)43-33(44(32)12-6-1-7-13-44)41-29(52-43)19-31(54-41)46-35-38(49)26-16-22-10-4-5-11-23(22)17-27(26)39(35)50/h18-27H,1-17H2. The Balaban J connectivity index is 0.890. The highest BCUT2D eigenvalue weighted by atomic mass is 32.1. The lowest BCUT2D eigenvalue weighted by Crippen LogP contribution is -2.35. The van der Waals surface area contributed by atoms with Crippen molar-refractivity contribution in [2.75, 3.05) is 0 Å². The zero-order valence-corrected chi connectivity index (χ0v) is 33.7. The van der Waals surface area contributed by atoms with Gasteiger partial charge in [-0.25, -0.2) is 9.98 Å². The van der Waals surface area contributed by atoms with Gasteiger partial charge >= 0.3 is 0 Å². The van der Waals surface area contributed by atoms with Crippen LogP contribution in [0.25, 0.3) is 28.6 Å². The molecular formula is C44H44N2O4S4. The summed E-state index contributed by atoms with van der Waals surface area (Å²) >= 11 is 7.05. The number of thiophene rings is 4. The monoisotopic (exact) mass is 792 g/mol. The first kappa shape index (κ1) is 33.5. The van der Waals surface area contributed by atoms with Crippen molar-refractivity contribution in [3.63, 3.8) is 0 Å². The minimum atomic E-state index is -0.163. The van der Waals surface area contributed by atoms with Gasteiger partial charge in [-0.3, -0.25) is 19.2 Å². The number of carbonyl (C=O) groups is 4. The minimum Gasteiger partial charge on any atom is -0.292 e. The van der Waals surface area contributed by atoms with Crippen LogP contribution in [0.1, 0.15) is 120 Å². The van der Waals surface area contributed by atoms with Gasteiger partial charge in [-0.2, -0.15) is 0 Å². The molecule has 8 unspecified atom stereocenters. The van der Waals surface area contributed by atoms with Crippen LogP contribution in [0.5, 0.6) is 0 Å². The van der Waals surface area contributed by atoms with Gasteiger partial charge in [-0.05, 0) is 74.3 Å². The lowest BCUT2D eigenvalue weighted by atomic mass is 9.64. The van der Waals surface area contributed by atoms with Gasteiger partial charge in [0, 0.05) is 49.6 Å². The zero-order chi connectivity index (χ0) is 36.0. The molecule has 0 bridgehead atoms. The molecule has 1 spiro atoms. The maximum Gasteiger partial charge on any atom is 0.188 e. The predicted molar refractivity (Wildman–Crippen MR) is 220 cm³/mol. The second kappa shape index (κ2) is 12.2. The number of ketones is 4. The van der Waals surface area contributed by atoms with Crippen LogP contribution in [0, 0.1) is 47.3 Å². The summed E-state index contributed by atoms with van der Waals surface area (Å²) in [6.07, 6.45) is 19.1. The molecule has 278 valence electrons. The Morgan fingerprint density at radius 1 is 0.481 bits per heavy atom. The highest BCUT2D eigenvalue weighted by Gasteiger charge is 2.54. The lowest BCUT2D eigenvalue weighted by Gasteiger charge is -2.39. The fourth-order valence-electron chi connectivity index (χ4n) is 13.1. The van der Waals surface area contributed by atoms with Crippen LogP contribution in [0.15, 0.2) is 22.1 Å². The van der Waals surface area contributed by atoms with Gasteiger partial charge in [0.1, 0.15) is 10.0 Å². The number of hydrogen-bond acceptors (Lipinski definition) is 10. The first-order valence-electron chi connectivity index (χ1n) is 20.8. The lowest BCUT2D eigenvalue weighted by molar-refractivity contribution is -0.123. The van der Waals surface area contributed by atoms with E-state index in [1.54, 1.807) is 22.7 Å². The van der Waals surface area contributed by atoms with E-state index in [-0.39, 0.29) is 63.6 Å². The smallest absolute Gasteiger partial charge is 0.188 e. The van der Waals surface area contributed by atoms with Crippen molar-refractivity contribution in [3.8, 4) is 9.75 Å².